The van der Waals surface area contributed by atoms with Gasteiger partial charge in [0.2, 0.25) is 0 Å². The van der Waals surface area contributed by atoms with E-state index in [-0.39, 0.29) is 17.0 Å². The molecule has 1 atom stereocenters. The molecule has 0 aromatic heterocycles. The molecule has 0 aliphatic rings. The summed E-state index contributed by atoms with van der Waals surface area (Å²) in [5.41, 5.74) is 0.289. The Bertz CT molecular complexity index is 871. The van der Waals surface area contributed by atoms with Crippen LogP contribution >= 0.6 is 11.6 Å². The molecule has 27 heavy (non-hydrogen) atoms. The van der Waals surface area contributed by atoms with Gasteiger partial charge in [-0.2, -0.15) is 0 Å². The number of hydrogen-bond donors (Lipinski definition) is 1. The predicted octanol–water partition coefficient (Wildman–Crippen LogP) is 3.29. The average molecular weight is 393 g/mol. The van der Waals surface area contributed by atoms with Gasteiger partial charge < -0.3 is 14.8 Å². The number of halogens is 1. The van der Waals surface area contributed by atoms with Crippen LogP contribution in [0, 0.1) is 10.1 Å². The van der Waals surface area contributed by atoms with Gasteiger partial charge in [-0.3, -0.25) is 14.9 Å². The first-order chi connectivity index (χ1) is 12.8. The number of amides is 1. The molecule has 1 amide bonds. The molecule has 9 heteroatoms. The molecular formula is C18H17ClN2O6. The van der Waals surface area contributed by atoms with Crippen LogP contribution in [0.15, 0.2) is 42.5 Å². The largest absolute Gasteiger partial charge is 0.496 e. The molecule has 0 unspecified atom stereocenters. The number of hydrogen-bond acceptors (Lipinski definition) is 6. The maximum atomic E-state index is 12.2. The van der Waals surface area contributed by atoms with Crippen molar-refractivity contribution >= 4 is 29.2 Å². The van der Waals surface area contributed by atoms with Crippen molar-refractivity contribution in [2.45, 2.75) is 13.0 Å². The Morgan fingerprint density at radius 2 is 1.96 bits per heavy atom. The number of benzene rings is 2. The molecule has 0 spiro atoms. The lowest BCUT2D eigenvalue weighted by atomic mass is 10.1. The molecule has 0 heterocycles. The van der Waals surface area contributed by atoms with E-state index in [1.807, 2.05) is 0 Å². The zero-order valence-electron chi connectivity index (χ0n) is 14.6. The fourth-order valence-corrected chi connectivity index (χ4v) is 2.66. The minimum Gasteiger partial charge on any atom is -0.496 e. The minimum absolute atomic E-state index is 0.107. The molecule has 0 aliphatic carbocycles. The Kier molecular flexibility index (Phi) is 6.73. The molecule has 8 nitrogen and oxygen atoms in total. The zero-order chi connectivity index (χ0) is 20.0. The number of ether oxygens (including phenoxy) is 2. The number of nitrogens with one attached hydrogen (secondary N) is 1. The Morgan fingerprint density at radius 3 is 2.59 bits per heavy atom. The van der Waals surface area contributed by atoms with E-state index in [9.17, 15) is 19.7 Å². The highest BCUT2D eigenvalue weighted by atomic mass is 35.5. The summed E-state index contributed by atoms with van der Waals surface area (Å²) in [7, 11) is 1.32. The second-order valence-electron chi connectivity index (χ2n) is 5.53. The van der Waals surface area contributed by atoms with Crippen molar-refractivity contribution in [1.29, 1.82) is 0 Å². The van der Waals surface area contributed by atoms with Gasteiger partial charge in [-0.25, -0.2) is 4.79 Å². The second kappa shape index (κ2) is 9.00. The van der Waals surface area contributed by atoms with E-state index in [1.165, 1.54) is 19.2 Å². The molecule has 2 aromatic rings. The van der Waals surface area contributed by atoms with Crippen molar-refractivity contribution in [3.63, 3.8) is 0 Å². The summed E-state index contributed by atoms with van der Waals surface area (Å²) in [5, 5.41) is 14.0. The zero-order valence-corrected chi connectivity index (χ0v) is 15.4. The lowest BCUT2D eigenvalue weighted by molar-refractivity contribution is -0.384. The molecule has 0 aliphatic heterocycles. The van der Waals surface area contributed by atoms with Crippen LogP contribution in [0.25, 0.3) is 0 Å². The fraction of sp³-hybridized carbons (Fsp3) is 0.222. The maximum absolute atomic E-state index is 12.2. The van der Waals surface area contributed by atoms with Gasteiger partial charge in [-0.1, -0.05) is 29.8 Å². The molecule has 2 aromatic carbocycles. The van der Waals surface area contributed by atoms with Crippen LogP contribution in [0.4, 0.5) is 5.69 Å². The number of carbonyl (C=O) groups excluding carboxylic acids is 2. The Labute approximate surface area is 160 Å². The van der Waals surface area contributed by atoms with Gasteiger partial charge in [0.05, 0.1) is 18.1 Å². The Hall–Kier alpha value is -3.13. The molecule has 0 radical (unpaired) electrons. The average Bonchev–Trinajstić information content (AvgIpc) is 2.65. The molecular weight excluding hydrogens is 376 g/mol. The summed E-state index contributed by atoms with van der Waals surface area (Å²) in [6.07, 6.45) is 0. The van der Waals surface area contributed by atoms with Crippen LogP contribution in [0.1, 0.15) is 28.9 Å². The number of methoxy groups -OCH3 is 1. The number of nitro benzene ring substituents is 1. The molecule has 0 fully saturated rings. The quantitative estimate of drug-likeness (QED) is 0.440. The van der Waals surface area contributed by atoms with Crippen LogP contribution < -0.4 is 10.1 Å². The SMILES string of the molecule is COc1ccc([N+](=O)[O-])cc1C(=O)OCC(=O)N[C@H](C)c1ccccc1Cl. The number of nitrogens with zero attached hydrogens (tertiary/aromatic N) is 1. The maximum Gasteiger partial charge on any atom is 0.342 e. The number of rotatable bonds is 7. The van der Waals surface area contributed by atoms with Crippen LogP contribution in [0.3, 0.4) is 0 Å². The van der Waals surface area contributed by atoms with Crippen LogP contribution in [-0.2, 0) is 9.53 Å². The van der Waals surface area contributed by atoms with Crippen molar-refractivity contribution in [2.24, 2.45) is 0 Å². The number of carbonyl (C=O) groups is 2. The summed E-state index contributed by atoms with van der Waals surface area (Å²) < 4.78 is 9.95. The summed E-state index contributed by atoms with van der Waals surface area (Å²) in [6, 6.07) is 10.2. The minimum atomic E-state index is -0.906. The van der Waals surface area contributed by atoms with Crippen molar-refractivity contribution < 1.29 is 24.0 Å². The standard InChI is InChI=1S/C18H17ClN2O6/c1-11(13-5-3-4-6-15(13)19)20-17(22)10-27-18(23)14-9-12(21(24)25)7-8-16(14)26-2/h3-9,11H,10H2,1-2H3,(H,20,22)/t11-/m1/s1. The van der Waals surface area contributed by atoms with E-state index < -0.39 is 29.4 Å². The topological polar surface area (TPSA) is 108 Å². The van der Waals surface area contributed by atoms with Crippen molar-refractivity contribution in [1.82, 2.24) is 5.32 Å². The molecule has 0 saturated carbocycles. The second-order valence-corrected chi connectivity index (χ2v) is 5.94. The van der Waals surface area contributed by atoms with E-state index in [1.54, 1.807) is 31.2 Å². The highest BCUT2D eigenvalue weighted by Gasteiger charge is 2.20. The van der Waals surface area contributed by atoms with E-state index in [2.05, 4.69) is 5.32 Å². The van der Waals surface area contributed by atoms with E-state index in [4.69, 9.17) is 21.1 Å². The molecule has 2 rings (SSSR count). The third-order valence-corrected chi connectivity index (χ3v) is 4.04. The van der Waals surface area contributed by atoms with Crippen LogP contribution in [0.5, 0.6) is 5.75 Å². The van der Waals surface area contributed by atoms with Crippen LogP contribution in [-0.4, -0.2) is 30.5 Å². The summed E-state index contributed by atoms with van der Waals surface area (Å²) >= 11 is 6.08. The van der Waals surface area contributed by atoms with Crippen molar-refractivity contribution in [2.75, 3.05) is 13.7 Å². The summed E-state index contributed by atoms with van der Waals surface area (Å²) in [6.45, 7) is 1.18. The van der Waals surface area contributed by atoms with Gasteiger partial charge in [0.15, 0.2) is 6.61 Å². The highest BCUT2D eigenvalue weighted by molar-refractivity contribution is 6.31. The molecule has 0 saturated heterocycles. The van der Waals surface area contributed by atoms with Gasteiger partial charge in [-0.05, 0) is 24.6 Å². The Balaban J connectivity index is 2.01. The Morgan fingerprint density at radius 1 is 1.26 bits per heavy atom. The van der Waals surface area contributed by atoms with Crippen molar-refractivity contribution in [3.8, 4) is 5.75 Å². The lowest BCUT2D eigenvalue weighted by Gasteiger charge is -2.16. The van der Waals surface area contributed by atoms with E-state index in [0.717, 1.165) is 11.6 Å². The first kappa shape index (κ1) is 20.2. The molecule has 0 bridgehead atoms. The number of esters is 1. The van der Waals surface area contributed by atoms with E-state index in [0.29, 0.717) is 5.02 Å². The normalized spacial score (nSPS) is 11.4. The number of non-ortho nitro benzene ring substituents is 1. The molecule has 1 N–H and O–H groups in total. The van der Waals surface area contributed by atoms with Gasteiger partial charge in [0.25, 0.3) is 11.6 Å². The summed E-state index contributed by atoms with van der Waals surface area (Å²) in [5.74, 6) is -1.34. The van der Waals surface area contributed by atoms with Gasteiger partial charge in [0, 0.05) is 17.2 Å². The van der Waals surface area contributed by atoms with Crippen molar-refractivity contribution in [3.05, 3.63) is 68.7 Å². The van der Waals surface area contributed by atoms with Crippen LogP contribution in [0.2, 0.25) is 5.02 Å². The first-order valence-corrected chi connectivity index (χ1v) is 8.24. The monoisotopic (exact) mass is 392 g/mol. The smallest absolute Gasteiger partial charge is 0.342 e. The third kappa shape index (κ3) is 5.18. The van der Waals surface area contributed by atoms with Gasteiger partial charge in [-0.15, -0.1) is 0 Å². The highest BCUT2D eigenvalue weighted by Crippen LogP contribution is 2.25. The van der Waals surface area contributed by atoms with E-state index >= 15 is 0 Å². The predicted molar refractivity (Wildman–Crippen MR) is 97.9 cm³/mol. The first-order valence-electron chi connectivity index (χ1n) is 7.86. The third-order valence-electron chi connectivity index (χ3n) is 3.70. The lowest BCUT2D eigenvalue weighted by Crippen LogP contribution is -2.31. The van der Waals surface area contributed by atoms with Gasteiger partial charge in [0.1, 0.15) is 11.3 Å². The molecule has 142 valence electrons. The fourth-order valence-electron chi connectivity index (χ4n) is 2.37. The number of nitro groups is 1. The summed E-state index contributed by atoms with van der Waals surface area (Å²) in [4.78, 5) is 34.4. The van der Waals surface area contributed by atoms with Gasteiger partial charge >= 0.3 is 5.97 Å².